The van der Waals surface area contributed by atoms with Crippen LogP contribution < -0.4 is 15.5 Å². The van der Waals surface area contributed by atoms with Gasteiger partial charge < -0.3 is 25.4 Å². The van der Waals surface area contributed by atoms with Crippen LogP contribution in [0.4, 0.5) is 5.69 Å². The number of thiophene rings is 1. The number of benzene rings is 1. The molecule has 8 heteroatoms. The van der Waals surface area contributed by atoms with Crippen LogP contribution in [-0.4, -0.2) is 50.5 Å². The lowest BCUT2D eigenvalue weighted by molar-refractivity contribution is 0.122. The Bertz CT molecular complexity index is 760. The minimum Gasteiger partial charge on any atom is -0.386 e. The van der Waals surface area contributed by atoms with E-state index < -0.39 is 6.10 Å². The van der Waals surface area contributed by atoms with Crippen molar-refractivity contribution in [1.29, 1.82) is 0 Å². The molecule has 28 heavy (non-hydrogen) atoms. The molecular weight excluding hydrogens is 396 g/mol. The summed E-state index contributed by atoms with van der Waals surface area (Å²) < 4.78 is 6.08. The number of aliphatic imine (C=N–C) groups is 1. The van der Waals surface area contributed by atoms with Crippen LogP contribution in [0.25, 0.3) is 0 Å². The predicted octanol–water partition coefficient (Wildman–Crippen LogP) is 3.03. The summed E-state index contributed by atoms with van der Waals surface area (Å²) in [4.78, 5) is 7.80. The third-order valence-corrected chi connectivity index (χ3v) is 5.79. The van der Waals surface area contributed by atoms with E-state index in [0.29, 0.717) is 23.4 Å². The number of morpholine rings is 1. The van der Waals surface area contributed by atoms with Gasteiger partial charge in [-0.25, -0.2) is 4.99 Å². The first-order chi connectivity index (χ1) is 13.7. The summed E-state index contributed by atoms with van der Waals surface area (Å²) in [7, 11) is 0. The van der Waals surface area contributed by atoms with E-state index in [0.717, 1.165) is 43.3 Å². The van der Waals surface area contributed by atoms with Gasteiger partial charge in [-0.15, -0.1) is 11.3 Å². The van der Waals surface area contributed by atoms with E-state index in [-0.39, 0.29) is 0 Å². The van der Waals surface area contributed by atoms with Crippen molar-refractivity contribution in [3.05, 3.63) is 51.2 Å². The molecule has 1 atom stereocenters. The maximum absolute atomic E-state index is 10.3. The number of aliphatic hydroxyl groups is 1. The lowest BCUT2D eigenvalue weighted by Crippen LogP contribution is -2.39. The molecule has 0 radical (unpaired) electrons. The molecule has 0 saturated carbocycles. The van der Waals surface area contributed by atoms with Gasteiger partial charge in [0.25, 0.3) is 0 Å². The zero-order valence-electron chi connectivity index (χ0n) is 16.0. The van der Waals surface area contributed by atoms with E-state index in [2.05, 4.69) is 44.8 Å². The van der Waals surface area contributed by atoms with E-state index in [4.69, 9.17) is 16.3 Å². The fourth-order valence-electron chi connectivity index (χ4n) is 2.95. The lowest BCUT2D eigenvalue weighted by Gasteiger charge is -2.28. The number of ether oxygens (including phenoxy) is 1. The SMILES string of the molecule is CCNC(=NCc1ccc(N2CCOCC2)cc1)NCC(O)c1ccc(Cl)s1. The highest BCUT2D eigenvalue weighted by molar-refractivity contribution is 7.16. The van der Waals surface area contributed by atoms with Gasteiger partial charge in [-0.1, -0.05) is 23.7 Å². The number of anilines is 1. The van der Waals surface area contributed by atoms with Gasteiger partial charge >= 0.3 is 0 Å². The van der Waals surface area contributed by atoms with E-state index in [1.54, 1.807) is 6.07 Å². The number of rotatable bonds is 7. The number of nitrogens with zero attached hydrogens (tertiary/aromatic N) is 2. The van der Waals surface area contributed by atoms with Gasteiger partial charge in [0.2, 0.25) is 0 Å². The second kappa shape index (κ2) is 10.7. The number of hydrogen-bond donors (Lipinski definition) is 3. The van der Waals surface area contributed by atoms with Crippen molar-refractivity contribution in [3.63, 3.8) is 0 Å². The molecule has 152 valence electrons. The van der Waals surface area contributed by atoms with Crippen molar-refractivity contribution in [2.75, 3.05) is 44.3 Å². The molecule has 1 aliphatic rings. The van der Waals surface area contributed by atoms with Crippen molar-refractivity contribution >= 4 is 34.6 Å². The van der Waals surface area contributed by atoms with Crippen LogP contribution >= 0.6 is 22.9 Å². The molecule has 2 aromatic rings. The molecule has 1 saturated heterocycles. The van der Waals surface area contributed by atoms with Gasteiger partial charge in [0, 0.05) is 36.7 Å². The normalized spacial score (nSPS) is 16.1. The van der Waals surface area contributed by atoms with E-state index >= 15 is 0 Å². The molecule has 3 N–H and O–H groups in total. The van der Waals surface area contributed by atoms with Gasteiger partial charge in [-0.3, -0.25) is 0 Å². The molecule has 1 unspecified atom stereocenters. The second-order valence-corrected chi connectivity index (χ2v) is 8.25. The predicted molar refractivity (Wildman–Crippen MR) is 117 cm³/mol. The van der Waals surface area contributed by atoms with Gasteiger partial charge in [-0.2, -0.15) is 0 Å². The smallest absolute Gasteiger partial charge is 0.191 e. The average Bonchev–Trinajstić information content (AvgIpc) is 3.17. The molecule has 0 amide bonds. The highest BCUT2D eigenvalue weighted by Gasteiger charge is 2.12. The number of nitrogens with one attached hydrogen (secondary N) is 2. The Kier molecular flexibility index (Phi) is 7.97. The Morgan fingerprint density at radius 2 is 1.96 bits per heavy atom. The summed E-state index contributed by atoms with van der Waals surface area (Å²) in [6.07, 6.45) is -0.617. The van der Waals surface area contributed by atoms with E-state index in [1.165, 1.54) is 17.0 Å². The number of hydrogen-bond acceptors (Lipinski definition) is 5. The van der Waals surface area contributed by atoms with Gasteiger partial charge in [0.15, 0.2) is 5.96 Å². The molecule has 1 aromatic heterocycles. The molecule has 3 rings (SSSR count). The van der Waals surface area contributed by atoms with Crippen LogP contribution in [0.5, 0.6) is 0 Å². The highest BCUT2D eigenvalue weighted by atomic mass is 35.5. The lowest BCUT2D eigenvalue weighted by atomic mass is 10.2. The summed E-state index contributed by atoms with van der Waals surface area (Å²) in [6.45, 7) is 7.15. The van der Waals surface area contributed by atoms with Crippen LogP contribution in [0.15, 0.2) is 41.4 Å². The van der Waals surface area contributed by atoms with Crippen molar-refractivity contribution in [2.24, 2.45) is 4.99 Å². The minimum absolute atomic E-state index is 0.374. The summed E-state index contributed by atoms with van der Waals surface area (Å²) >= 11 is 7.32. The van der Waals surface area contributed by atoms with E-state index in [1.807, 2.05) is 13.0 Å². The maximum atomic E-state index is 10.3. The summed E-state index contributed by atoms with van der Waals surface area (Å²) in [6, 6.07) is 12.1. The maximum Gasteiger partial charge on any atom is 0.191 e. The third-order valence-electron chi connectivity index (χ3n) is 4.46. The molecule has 6 nitrogen and oxygen atoms in total. The van der Waals surface area contributed by atoms with Crippen LogP contribution in [0, 0.1) is 0 Å². The van der Waals surface area contributed by atoms with Crippen LogP contribution in [-0.2, 0) is 11.3 Å². The van der Waals surface area contributed by atoms with Gasteiger partial charge in [0.05, 0.1) is 24.1 Å². The Morgan fingerprint density at radius 3 is 2.61 bits per heavy atom. The molecular formula is C20H27ClN4O2S. The van der Waals surface area contributed by atoms with Crippen molar-refractivity contribution in [3.8, 4) is 0 Å². The van der Waals surface area contributed by atoms with Gasteiger partial charge in [-0.05, 0) is 36.8 Å². The highest BCUT2D eigenvalue weighted by Crippen LogP contribution is 2.26. The number of aliphatic hydroxyl groups excluding tert-OH is 1. The average molecular weight is 423 g/mol. The Labute approximate surface area is 175 Å². The fraction of sp³-hybridized carbons (Fsp3) is 0.450. The second-order valence-electron chi connectivity index (χ2n) is 6.50. The molecule has 0 bridgehead atoms. The van der Waals surface area contributed by atoms with Crippen molar-refractivity contribution in [2.45, 2.75) is 19.6 Å². The monoisotopic (exact) mass is 422 g/mol. The third kappa shape index (κ3) is 6.10. The Morgan fingerprint density at radius 1 is 1.21 bits per heavy atom. The molecule has 2 heterocycles. The molecule has 0 spiro atoms. The Balaban J connectivity index is 1.54. The zero-order valence-corrected chi connectivity index (χ0v) is 17.6. The fourth-order valence-corrected chi connectivity index (χ4v) is 3.99. The first-order valence-electron chi connectivity index (χ1n) is 9.53. The standard InChI is InChI=1S/C20H27ClN4O2S/c1-2-22-20(24-14-17(26)18-7-8-19(21)28-18)23-13-15-3-5-16(6-4-15)25-9-11-27-12-10-25/h3-8,17,26H,2,9-14H2,1H3,(H2,22,23,24). The molecule has 1 aliphatic heterocycles. The summed E-state index contributed by atoms with van der Waals surface area (Å²) in [5, 5.41) is 16.7. The summed E-state index contributed by atoms with van der Waals surface area (Å²) in [5.41, 5.74) is 2.36. The molecule has 0 aliphatic carbocycles. The van der Waals surface area contributed by atoms with Crippen LogP contribution in [0.1, 0.15) is 23.5 Å². The topological polar surface area (TPSA) is 69.1 Å². The number of guanidine groups is 1. The first kappa shape index (κ1) is 20.9. The van der Waals surface area contributed by atoms with Crippen molar-refractivity contribution in [1.82, 2.24) is 10.6 Å². The minimum atomic E-state index is -0.617. The zero-order chi connectivity index (χ0) is 19.8. The molecule has 1 aromatic carbocycles. The van der Waals surface area contributed by atoms with Crippen LogP contribution in [0.3, 0.4) is 0 Å². The summed E-state index contributed by atoms with van der Waals surface area (Å²) in [5.74, 6) is 0.682. The van der Waals surface area contributed by atoms with Gasteiger partial charge in [0.1, 0.15) is 6.10 Å². The van der Waals surface area contributed by atoms with Crippen molar-refractivity contribution < 1.29 is 9.84 Å². The quantitative estimate of drug-likeness (QED) is 0.472. The number of halogens is 1. The van der Waals surface area contributed by atoms with E-state index in [9.17, 15) is 5.11 Å². The Hall–Kier alpha value is -1.80. The largest absolute Gasteiger partial charge is 0.386 e. The molecule has 1 fully saturated rings. The first-order valence-corrected chi connectivity index (χ1v) is 10.7. The van der Waals surface area contributed by atoms with Crippen LogP contribution in [0.2, 0.25) is 4.34 Å².